The first-order chi connectivity index (χ1) is 9.00. The normalized spacial score (nSPS) is 26.1. The van der Waals surface area contributed by atoms with Crippen molar-refractivity contribution < 1.29 is 9.84 Å². The molecule has 1 aromatic carbocycles. The predicted octanol–water partition coefficient (Wildman–Crippen LogP) is 3.96. The molecule has 0 amide bonds. The number of aliphatic hydroxyl groups is 1. The smallest absolute Gasteiger partial charge is 0.125 e. The van der Waals surface area contributed by atoms with Crippen molar-refractivity contribution in [2.45, 2.75) is 65.1 Å². The highest BCUT2D eigenvalue weighted by Crippen LogP contribution is 2.37. The summed E-state index contributed by atoms with van der Waals surface area (Å²) < 4.78 is 5.99. The van der Waals surface area contributed by atoms with Gasteiger partial charge in [-0.1, -0.05) is 39.3 Å². The molecule has 106 valence electrons. The molecule has 0 aliphatic heterocycles. The third-order valence-corrected chi connectivity index (χ3v) is 4.05. The lowest BCUT2D eigenvalue weighted by atomic mass is 9.75. The maximum absolute atomic E-state index is 10.1. The average molecular weight is 262 g/mol. The summed E-state index contributed by atoms with van der Waals surface area (Å²) in [7, 11) is 0. The van der Waals surface area contributed by atoms with Crippen LogP contribution in [0.5, 0.6) is 5.75 Å². The highest BCUT2D eigenvalue weighted by Gasteiger charge is 2.35. The van der Waals surface area contributed by atoms with Crippen molar-refractivity contribution in [3.05, 3.63) is 29.8 Å². The van der Waals surface area contributed by atoms with Crippen LogP contribution in [-0.4, -0.2) is 17.3 Å². The third kappa shape index (κ3) is 3.97. The molecule has 1 fully saturated rings. The number of rotatable bonds is 4. The molecule has 0 radical (unpaired) electrons. The van der Waals surface area contributed by atoms with Crippen LogP contribution < -0.4 is 4.74 Å². The van der Waals surface area contributed by atoms with Crippen LogP contribution in [0.1, 0.15) is 52.0 Å². The number of aryl methyl sites for hydroxylation is 1. The predicted molar refractivity (Wildman–Crippen MR) is 78.5 cm³/mol. The molecule has 2 heteroatoms. The summed E-state index contributed by atoms with van der Waals surface area (Å²) >= 11 is 0. The Balaban J connectivity index is 1.99. The zero-order chi connectivity index (χ0) is 13.9. The van der Waals surface area contributed by atoms with E-state index in [0.29, 0.717) is 0 Å². The SMILES string of the molecule is CCCc1ccc(OC2CC(C)(C)CCC2O)cc1. The van der Waals surface area contributed by atoms with Gasteiger partial charge in [-0.05, 0) is 48.8 Å². The Morgan fingerprint density at radius 1 is 1.26 bits per heavy atom. The molecular formula is C17H26O2. The van der Waals surface area contributed by atoms with Crippen LogP contribution in [0.2, 0.25) is 0 Å². The molecule has 1 N–H and O–H groups in total. The zero-order valence-electron chi connectivity index (χ0n) is 12.4. The van der Waals surface area contributed by atoms with Gasteiger partial charge < -0.3 is 9.84 Å². The van der Waals surface area contributed by atoms with Crippen molar-refractivity contribution in [1.82, 2.24) is 0 Å². The first kappa shape index (κ1) is 14.4. The minimum absolute atomic E-state index is 0.0687. The van der Waals surface area contributed by atoms with Crippen molar-refractivity contribution >= 4 is 0 Å². The van der Waals surface area contributed by atoms with Crippen LogP contribution in [0, 0.1) is 5.41 Å². The van der Waals surface area contributed by atoms with Crippen LogP contribution in [0.25, 0.3) is 0 Å². The zero-order valence-corrected chi connectivity index (χ0v) is 12.4. The topological polar surface area (TPSA) is 29.5 Å². The van der Waals surface area contributed by atoms with E-state index in [9.17, 15) is 5.11 Å². The fraction of sp³-hybridized carbons (Fsp3) is 0.647. The summed E-state index contributed by atoms with van der Waals surface area (Å²) in [6.45, 7) is 6.68. The van der Waals surface area contributed by atoms with Crippen LogP contribution in [-0.2, 0) is 6.42 Å². The molecule has 2 nitrogen and oxygen atoms in total. The maximum atomic E-state index is 10.1. The minimum atomic E-state index is -0.330. The first-order valence-electron chi connectivity index (χ1n) is 7.44. The van der Waals surface area contributed by atoms with E-state index >= 15 is 0 Å². The molecule has 1 saturated carbocycles. The van der Waals surface area contributed by atoms with E-state index in [4.69, 9.17) is 4.74 Å². The summed E-state index contributed by atoms with van der Waals surface area (Å²) in [5.41, 5.74) is 1.62. The fourth-order valence-corrected chi connectivity index (χ4v) is 2.83. The van der Waals surface area contributed by atoms with Crippen molar-refractivity contribution in [3.8, 4) is 5.75 Å². The summed E-state index contributed by atoms with van der Waals surface area (Å²) in [6, 6.07) is 8.30. The van der Waals surface area contributed by atoms with Gasteiger partial charge in [0.1, 0.15) is 11.9 Å². The molecule has 2 rings (SSSR count). The van der Waals surface area contributed by atoms with Crippen LogP contribution in [0.3, 0.4) is 0 Å². The van der Waals surface area contributed by atoms with Crippen molar-refractivity contribution in [2.24, 2.45) is 5.41 Å². The lowest BCUT2D eigenvalue weighted by molar-refractivity contribution is -0.0304. The number of aliphatic hydroxyl groups excluding tert-OH is 1. The standard InChI is InChI=1S/C17H26O2/c1-4-5-13-6-8-14(9-7-13)19-16-12-17(2,3)11-10-15(16)18/h6-9,15-16,18H,4-5,10-12H2,1-3H3. The average Bonchev–Trinajstić information content (AvgIpc) is 2.36. The number of hydrogen-bond acceptors (Lipinski definition) is 2. The summed E-state index contributed by atoms with van der Waals surface area (Å²) in [5, 5.41) is 10.1. The molecular weight excluding hydrogens is 236 g/mol. The summed E-state index contributed by atoms with van der Waals surface area (Å²) in [4.78, 5) is 0. The van der Waals surface area contributed by atoms with Gasteiger partial charge in [0.05, 0.1) is 6.10 Å². The quantitative estimate of drug-likeness (QED) is 0.890. The van der Waals surface area contributed by atoms with Gasteiger partial charge >= 0.3 is 0 Å². The van der Waals surface area contributed by atoms with E-state index in [0.717, 1.165) is 37.9 Å². The second-order valence-electron chi connectivity index (χ2n) is 6.52. The van der Waals surface area contributed by atoms with E-state index < -0.39 is 0 Å². The molecule has 0 saturated heterocycles. The first-order valence-corrected chi connectivity index (χ1v) is 7.44. The maximum Gasteiger partial charge on any atom is 0.125 e. The Morgan fingerprint density at radius 3 is 2.58 bits per heavy atom. The Bertz CT molecular complexity index is 394. The van der Waals surface area contributed by atoms with Gasteiger partial charge in [0, 0.05) is 0 Å². The van der Waals surface area contributed by atoms with Gasteiger partial charge in [-0.3, -0.25) is 0 Å². The Kier molecular flexibility index (Phi) is 4.51. The lowest BCUT2D eigenvalue weighted by Gasteiger charge is -2.38. The molecule has 1 aromatic rings. The molecule has 0 heterocycles. The van der Waals surface area contributed by atoms with Crippen molar-refractivity contribution in [3.63, 3.8) is 0 Å². The second-order valence-corrected chi connectivity index (χ2v) is 6.52. The van der Waals surface area contributed by atoms with E-state index in [1.165, 1.54) is 5.56 Å². The molecule has 1 aliphatic carbocycles. The molecule has 2 unspecified atom stereocenters. The second kappa shape index (κ2) is 5.96. The molecule has 2 atom stereocenters. The van der Waals surface area contributed by atoms with Gasteiger partial charge in [0.15, 0.2) is 0 Å². The summed E-state index contributed by atoms with van der Waals surface area (Å²) in [6.07, 6.45) is 4.71. The van der Waals surface area contributed by atoms with Crippen LogP contribution >= 0.6 is 0 Å². The Labute approximate surface area is 116 Å². The highest BCUT2D eigenvalue weighted by molar-refractivity contribution is 5.27. The largest absolute Gasteiger partial charge is 0.488 e. The number of ether oxygens (including phenoxy) is 1. The van der Waals surface area contributed by atoms with Crippen LogP contribution in [0.15, 0.2) is 24.3 Å². The fourth-order valence-electron chi connectivity index (χ4n) is 2.83. The van der Waals surface area contributed by atoms with Gasteiger partial charge in [-0.25, -0.2) is 0 Å². The minimum Gasteiger partial charge on any atom is -0.488 e. The Morgan fingerprint density at radius 2 is 1.95 bits per heavy atom. The van der Waals surface area contributed by atoms with Crippen molar-refractivity contribution in [2.75, 3.05) is 0 Å². The van der Waals surface area contributed by atoms with Gasteiger partial charge in [0.25, 0.3) is 0 Å². The van der Waals surface area contributed by atoms with E-state index in [1.54, 1.807) is 0 Å². The number of benzene rings is 1. The van der Waals surface area contributed by atoms with Gasteiger partial charge in [0.2, 0.25) is 0 Å². The Hall–Kier alpha value is -1.02. The lowest BCUT2D eigenvalue weighted by Crippen LogP contribution is -2.41. The monoisotopic (exact) mass is 262 g/mol. The van der Waals surface area contributed by atoms with Crippen LogP contribution in [0.4, 0.5) is 0 Å². The van der Waals surface area contributed by atoms with E-state index in [2.05, 4.69) is 32.9 Å². The molecule has 1 aliphatic rings. The molecule has 19 heavy (non-hydrogen) atoms. The number of hydrogen-bond donors (Lipinski definition) is 1. The van der Waals surface area contributed by atoms with Crippen molar-refractivity contribution in [1.29, 1.82) is 0 Å². The van der Waals surface area contributed by atoms with E-state index in [-0.39, 0.29) is 17.6 Å². The molecule has 0 aromatic heterocycles. The highest BCUT2D eigenvalue weighted by atomic mass is 16.5. The van der Waals surface area contributed by atoms with Gasteiger partial charge in [-0.2, -0.15) is 0 Å². The molecule has 0 spiro atoms. The van der Waals surface area contributed by atoms with Gasteiger partial charge in [-0.15, -0.1) is 0 Å². The third-order valence-electron chi connectivity index (χ3n) is 4.05. The van der Waals surface area contributed by atoms with E-state index in [1.807, 2.05) is 12.1 Å². The summed E-state index contributed by atoms with van der Waals surface area (Å²) in [5.74, 6) is 0.876. The molecule has 0 bridgehead atoms.